The molecule has 5 heteroatoms. The van der Waals surface area contributed by atoms with E-state index in [1.54, 1.807) is 31.4 Å². The molecule has 3 aromatic carbocycles. The lowest BCUT2D eigenvalue weighted by Crippen LogP contribution is -2.34. The van der Waals surface area contributed by atoms with Gasteiger partial charge in [0.05, 0.1) is 13.2 Å². The molecule has 0 spiro atoms. The second-order valence-electron chi connectivity index (χ2n) is 6.90. The maximum atomic E-state index is 12.6. The molecule has 29 heavy (non-hydrogen) atoms. The van der Waals surface area contributed by atoms with E-state index in [1.807, 2.05) is 68.7 Å². The van der Waals surface area contributed by atoms with Crippen molar-refractivity contribution in [2.24, 2.45) is 0 Å². The minimum Gasteiger partial charge on any atom is -0.497 e. The lowest BCUT2D eigenvalue weighted by molar-refractivity contribution is 0.0942. The molecular formula is C24H26N2O3. The third-order valence-electron chi connectivity index (χ3n) is 4.68. The molecule has 0 radical (unpaired) electrons. The summed E-state index contributed by atoms with van der Waals surface area (Å²) in [6.45, 7) is 0.500. The average molecular weight is 390 g/mol. The van der Waals surface area contributed by atoms with Crippen molar-refractivity contribution in [2.75, 3.05) is 27.7 Å². The summed E-state index contributed by atoms with van der Waals surface area (Å²) in [7, 11) is 5.64. The number of carbonyl (C=O) groups is 1. The van der Waals surface area contributed by atoms with Crippen LogP contribution in [0.5, 0.6) is 17.2 Å². The quantitative estimate of drug-likeness (QED) is 0.614. The number of benzene rings is 3. The zero-order valence-electron chi connectivity index (χ0n) is 17.0. The van der Waals surface area contributed by atoms with E-state index in [0.29, 0.717) is 17.9 Å². The van der Waals surface area contributed by atoms with Crippen LogP contribution in [0.15, 0.2) is 78.9 Å². The van der Waals surface area contributed by atoms with Gasteiger partial charge in [-0.15, -0.1) is 0 Å². The summed E-state index contributed by atoms with van der Waals surface area (Å²) < 4.78 is 11.0. The molecule has 3 aromatic rings. The molecule has 0 saturated heterocycles. The molecule has 3 rings (SSSR count). The van der Waals surface area contributed by atoms with Crippen molar-refractivity contribution in [2.45, 2.75) is 6.04 Å². The number of likely N-dealkylation sites (N-methyl/N-ethyl adjacent to an activating group) is 1. The summed E-state index contributed by atoms with van der Waals surface area (Å²) in [4.78, 5) is 14.7. The molecule has 150 valence electrons. The fraction of sp³-hybridized carbons (Fsp3) is 0.208. The van der Waals surface area contributed by atoms with E-state index in [4.69, 9.17) is 9.47 Å². The van der Waals surface area contributed by atoms with Gasteiger partial charge in [-0.3, -0.25) is 4.79 Å². The molecule has 1 N–H and O–H groups in total. The molecular weight excluding hydrogens is 364 g/mol. The van der Waals surface area contributed by atoms with Crippen LogP contribution in [0.3, 0.4) is 0 Å². The molecule has 0 unspecified atom stereocenters. The monoisotopic (exact) mass is 390 g/mol. The second kappa shape index (κ2) is 9.75. The second-order valence-corrected chi connectivity index (χ2v) is 6.90. The maximum absolute atomic E-state index is 12.6. The Morgan fingerprint density at radius 2 is 1.45 bits per heavy atom. The molecule has 0 heterocycles. The maximum Gasteiger partial charge on any atom is 0.251 e. The van der Waals surface area contributed by atoms with E-state index < -0.39 is 0 Å². The van der Waals surface area contributed by atoms with Crippen molar-refractivity contribution >= 4 is 5.91 Å². The largest absolute Gasteiger partial charge is 0.497 e. The highest BCUT2D eigenvalue weighted by Gasteiger charge is 2.16. The molecule has 0 aliphatic carbocycles. The Morgan fingerprint density at radius 3 is 2.03 bits per heavy atom. The van der Waals surface area contributed by atoms with E-state index in [-0.39, 0.29) is 11.9 Å². The Balaban J connectivity index is 1.60. The highest BCUT2D eigenvalue weighted by molar-refractivity contribution is 5.94. The van der Waals surface area contributed by atoms with Gasteiger partial charge in [0.15, 0.2) is 0 Å². The fourth-order valence-electron chi connectivity index (χ4n) is 3.02. The first-order valence-electron chi connectivity index (χ1n) is 9.48. The zero-order chi connectivity index (χ0) is 20.6. The molecule has 0 bridgehead atoms. The van der Waals surface area contributed by atoms with Crippen molar-refractivity contribution in [3.63, 3.8) is 0 Å². The number of hydrogen-bond donors (Lipinski definition) is 1. The minimum absolute atomic E-state index is 0.0607. The topological polar surface area (TPSA) is 50.8 Å². The van der Waals surface area contributed by atoms with Gasteiger partial charge in [0.1, 0.15) is 17.2 Å². The first kappa shape index (κ1) is 20.4. The average Bonchev–Trinajstić information content (AvgIpc) is 2.75. The number of rotatable bonds is 8. The standard InChI is InChI=1S/C24H26N2O3/c1-26(2)23(18-9-13-20(28-3)14-10-18)17-25-24(27)19-11-15-22(16-12-19)29-21-7-5-4-6-8-21/h4-16,23H,17H2,1-3H3,(H,25,27)/t23-/m0/s1. The van der Waals surface area contributed by atoms with E-state index >= 15 is 0 Å². The van der Waals surface area contributed by atoms with E-state index in [2.05, 4.69) is 10.2 Å². The number of carbonyl (C=O) groups excluding carboxylic acids is 1. The predicted molar refractivity (Wildman–Crippen MR) is 115 cm³/mol. The SMILES string of the molecule is COc1ccc([C@H](CNC(=O)c2ccc(Oc3ccccc3)cc2)N(C)C)cc1. The molecule has 0 aliphatic heterocycles. The van der Waals surface area contributed by atoms with Gasteiger partial charge in [-0.25, -0.2) is 0 Å². The van der Waals surface area contributed by atoms with Crippen molar-refractivity contribution in [1.82, 2.24) is 10.2 Å². The molecule has 0 aliphatic rings. The van der Waals surface area contributed by atoms with Gasteiger partial charge in [0, 0.05) is 12.1 Å². The van der Waals surface area contributed by atoms with Crippen LogP contribution in [0.1, 0.15) is 22.0 Å². The predicted octanol–water partition coefficient (Wildman–Crippen LogP) is 4.52. The molecule has 1 atom stereocenters. The first-order valence-corrected chi connectivity index (χ1v) is 9.48. The number of hydrogen-bond acceptors (Lipinski definition) is 4. The van der Waals surface area contributed by atoms with Crippen LogP contribution in [0.25, 0.3) is 0 Å². The fourth-order valence-corrected chi connectivity index (χ4v) is 3.02. The van der Waals surface area contributed by atoms with E-state index in [1.165, 1.54) is 0 Å². The van der Waals surface area contributed by atoms with E-state index in [9.17, 15) is 4.79 Å². The van der Waals surface area contributed by atoms with Crippen LogP contribution in [0.4, 0.5) is 0 Å². The number of para-hydroxylation sites is 1. The lowest BCUT2D eigenvalue weighted by Gasteiger charge is -2.25. The third kappa shape index (κ3) is 5.59. The van der Waals surface area contributed by atoms with Gasteiger partial charge in [-0.2, -0.15) is 0 Å². The summed E-state index contributed by atoms with van der Waals surface area (Å²) in [5.41, 5.74) is 1.71. The van der Waals surface area contributed by atoms with Crippen LogP contribution in [-0.2, 0) is 0 Å². The number of methoxy groups -OCH3 is 1. The van der Waals surface area contributed by atoms with Gasteiger partial charge < -0.3 is 19.7 Å². The number of amides is 1. The molecule has 0 aromatic heterocycles. The van der Waals surface area contributed by atoms with Crippen LogP contribution in [0, 0.1) is 0 Å². The summed E-state index contributed by atoms with van der Waals surface area (Å²) in [5.74, 6) is 2.15. The Labute approximate surface area is 171 Å². The van der Waals surface area contributed by atoms with Crippen molar-refractivity contribution in [1.29, 1.82) is 0 Å². The number of nitrogens with one attached hydrogen (secondary N) is 1. The summed E-state index contributed by atoms with van der Waals surface area (Å²) in [5, 5.41) is 3.02. The van der Waals surface area contributed by atoms with Crippen molar-refractivity contribution in [3.05, 3.63) is 90.0 Å². The normalized spacial score (nSPS) is 11.7. The third-order valence-corrected chi connectivity index (χ3v) is 4.68. The summed E-state index contributed by atoms with van der Waals surface area (Å²) in [6.07, 6.45) is 0. The van der Waals surface area contributed by atoms with Crippen molar-refractivity contribution in [3.8, 4) is 17.2 Å². The zero-order valence-corrected chi connectivity index (χ0v) is 17.0. The smallest absolute Gasteiger partial charge is 0.251 e. The van der Waals surface area contributed by atoms with Crippen LogP contribution < -0.4 is 14.8 Å². The van der Waals surface area contributed by atoms with Gasteiger partial charge in [-0.1, -0.05) is 30.3 Å². The highest BCUT2D eigenvalue weighted by atomic mass is 16.5. The first-order chi connectivity index (χ1) is 14.1. The van der Waals surface area contributed by atoms with Gasteiger partial charge in [0.2, 0.25) is 0 Å². The molecule has 5 nitrogen and oxygen atoms in total. The van der Waals surface area contributed by atoms with Gasteiger partial charge in [0.25, 0.3) is 5.91 Å². The Kier molecular flexibility index (Phi) is 6.87. The Morgan fingerprint density at radius 1 is 0.862 bits per heavy atom. The highest BCUT2D eigenvalue weighted by Crippen LogP contribution is 2.22. The van der Waals surface area contributed by atoms with Gasteiger partial charge >= 0.3 is 0 Å². The van der Waals surface area contributed by atoms with Gasteiger partial charge in [-0.05, 0) is 68.2 Å². The van der Waals surface area contributed by atoms with Crippen molar-refractivity contribution < 1.29 is 14.3 Å². The number of ether oxygens (including phenoxy) is 2. The van der Waals surface area contributed by atoms with Crippen LogP contribution >= 0.6 is 0 Å². The molecule has 1 amide bonds. The lowest BCUT2D eigenvalue weighted by atomic mass is 10.1. The van der Waals surface area contributed by atoms with E-state index in [0.717, 1.165) is 17.1 Å². The summed E-state index contributed by atoms with van der Waals surface area (Å²) >= 11 is 0. The summed E-state index contributed by atoms with van der Waals surface area (Å²) in [6, 6.07) is 24.7. The molecule has 0 fully saturated rings. The number of nitrogens with zero attached hydrogens (tertiary/aromatic N) is 1. The Hall–Kier alpha value is -3.31. The minimum atomic E-state index is -0.114. The van der Waals surface area contributed by atoms with Crippen LogP contribution in [0.2, 0.25) is 0 Å². The Bertz CT molecular complexity index is 907. The van der Waals surface area contributed by atoms with Crippen LogP contribution in [-0.4, -0.2) is 38.6 Å². The molecule has 0 saturated carbocycles.